The topological polar surface area (TPSA) is 66.9 Å². The number of benzene rings is 3. The van der Waals surface area contributed by atoms with E-state index < -0.39 is 10.0 Å². The van der Waals surface area contributed by atoms with Gasteiger partial charge in [-0.25, -0.2) is 8.42 Å². The summed E-state index contributed by atoms with van der Waals surface area (Å²) in [4.78, 5) is 14.7. The summed E-state index contributed by atoms with van der Waals surface area (Å²) in [5, 5.41) is 0. The average Bonchev–Trinajstić information content (AvgIpc) is 2.81. The van der Waals surface area contributed by atoms with Crippen LogP contribution < -0.4 is 4.74 Å². The molecule has 6 nitrogen and oxygen atoms in total. The van der Waals surface area contributed by atoms with E-state index >= 15 is 0 Å². The third kappa shape index (κ3) is 6.18. The molecule has 0 saturated carbocycles. The van der Waals surface area contributed by atoms with Crippen molar-refractivity contribution >= 4 is 31.9 Å². The molecular weight excluding hydrogens is 492 g/mol. The summed E-state index contributed by atoms with van der Waals surface area (Å²) < 4.78 is 33.9. The lowest BCUT2D eigenvalue weighted by Crippen LogP contribution is -2.40. The number of hydrogen-bond donors (Lipinski definition) is 0. The maximum atomic E-state index is 13.3. The van der Waals surface area contributed by atoms with E-state index in [1.807, 2.05) is 48.5 Å². The fourth-order valence-corrected chi connectivity index (χ4v) is 4.79. The Labute approximate surface area is 197 Å². The van der Waals surface area contributed by atoms with Gasteiger partial charge in [-0.3, -0.25) is 4.79 Å². The molecular formula is C24H25BrN2O4S. The Morgan fingerprint density at radius 1 is 0.875 bits per heavy atom. The van der Waals surface area contributed by atoms with E-state index in [0.29, 0.717) is 6.54 Å². The van der Waals surface area contributed by atoms with Gasteiger partial charge < -0.3 is 9.64 Å². The molecule has 168 valence electrons. The van der Waals surface area contributed by atoms with Gasteiger partial charge in [-0.15, -0.1) is 0 Å². The maximum absolute atomic E-state index is 13.3. The fourth-order valence-electron chi connectivity index (χ4n) is 3.13. The lowest BCUT2D eigenvalue weighted by molar-refractivity contribution is -0.130. The molecule has 0 fully saturated rings. The Hall–Kier alpha value is -2.68. The Bertz CT molecular complexity index is 1130. The zero-order chi connectivity index (χ0) is 23.1. The van der Waals surface area contributed by atoms with Crippen LogP contribution in [-0.4, -0.2) is 44.2 Å². The molecule has 1 amide bonds. The minimum absolute atomic E-state index is 0.0899. The van der Waals surface area contributed by atoms with E-state index in [4.69, 9.17) is 4.74 Å². The molecule has 0 heterocycles. The van der Waals surface area contributed by atoms with Gasteiger partial charge >= 0.3 is 0 Å². The molecule has 0 N–H and O–H groups in total. The van der Waals surface area contributed by atoms with Gasteiger partial charge in [0.05, 0.1) is 18.6 Å². The number of carbonyl (C=O) groups is 1. The van der Waals surface area contributed by atoms with Gasteiger partial charge in [0.25, 0.3) is 0 Å². The van der Waals surface area contributed by atoms with Gasteiger partial charge in [-0.2, -0.15) is 4.31 Å². The Balaban J connectivity index is 1.80. The molecule has 8 heteroatoms. The Morgan fingerprint density at radius 3 is 2.03 bits per heavy atom. The average molecular weight is 517 g/mol. The van der Waals surface area contributed by atoms with Gasteiger partial charge in [-0.05, 0) is 47.5 Å². The molecule has 3 aromatic carbocycles. The van der Waals surface area contributed by atoms with E-state index in [-0.39, 0.29) is 23.9 Å². The van der Waals surface area contributed by atoms with Crippen molar-refractivity contribution < 1.29 is 17.9 Å². The van der Waals surface area contributed by atoms with Gasteiger partial charge in [0.2, 0.25) is 15.9 Å². The zero-order valence-electron chi connectivity index (χ0n) is 17.9. The van der Waals surface area contributed by atoms with E-state index in [1.54, 1.807) is 32.4 Å². The van der Waals surface area contributed by atoms with Crippen molar-refractivity contribution in [3.8, 4) is 5.75 Å². The molecule has 3 rings (SSSR count). The number of nitrogens with zero attached hydrogens (tertiary/aromatic N) is 2. The largest absolute Gasteiger partial charge is 0.497 e. The fraction of sp³-hybridized carbons (Fsp3) is 0.208. The van der Waals surface area contributed by atoms with Crippen molar-refractivity contribution in [2.45, 2.75) is 18.0 Å². The number of methoxy groups -OCH3 is 1. The summed E-state index contributed by atoms with van der Waals surface area (Å²) in [6.45, 7) is 0.187. The molecule has 0 bridgehead atoms. The van der Waals surface area contributed by atoms with Crippen molar-refractivity contribution in [3.63, 3.8) is 0 Å². The number of rotatable bonds is 9. The van der Waals surface area contributed by atoms with Crippen molar-refractivity contribution in [2.24, 2.45) is 0 Å². The molecule has 0 aliphatic carbocycles. The second-order valence-corrected chi connectivity index (χ2v) is 10.2. The summed E-state index contributed by atoms with van der Waals surface area (Å²) in [5.74, 6) is 0.440. The summed E-state index contributed by atoms with van der Waals surface area (Å²) in [6.07, 6.45) is 0. The lowest BCUT2D eigenvalue weighted by atomic mass is 10.2. The van der Waals surface area contributed by atoms with Crippen molar-refractivity contribution in [3.05, 3.63) is 94.5 Å². The molecule has 0 aromatic heterocycles. The normalized spacial score (nSPS) is 11.4. The summed E-state index contributed by atoms with van der Waals surface area (Å²) >= 11 is 3.39. The van der Waals surface area contributed by atoms with Gasteiger partial charge in [0, 0.05) is 24.6 Å². The monoisotopic (exact) mass is 516 g/mol. The van der Waals surface area contributed by atoms with Gasteiger partial charge in [0.1, 0.15) is 5.75 Å². The highest BCUT2D eigenvalue weighted by molar-refractivity contribution is 9.10. The van der Waals surface area contributed by atoms with Crippen LogP contribution in [0.5, 0.6) is 5.75 Å². The first-order valence-corrected chi connectivity index (χ1v) is 12.2. The first-order chi connectivity index (χ1) is 15.3. The second-order valence-electron chi connectivity index (χ2n) is 7.31. The van der Waals surface area contributed by atoms with Crippen LogP contribution in [0.3, 0.4) is 0 Å². The van der Waals surface area contributed by atoms with Crippen LogP contribution in [0.25, 0.3) is 0 Å². The number of likely N-dealkylation sites (N-methyl/N-ethyl adjacent to an activating group) is 1. The van der Waals surface area contributed by atoms with E-state index in [9.17, 15) is 13.2 Å². The SMILES string of the molecule is COc1ccc(CN(C)C(=O)CN(Cc2ccc(Br)cc2)S(=O)(=O)c2ccccc2)cc1. The first-order valence-electron chi connectivity index (χ1n) is 9.96. The van der Waals surface area contributed by atoms with Gasteiger partial charge in [-0.1, -0.05) is 58.4 Å². The Kier molecular flexibility index (Phi) is 8.06. The lowest BCUT2D eigenvalue weighted by Gasteiger charge is -2.25. The molecule has 0 aliphatic rings. The van der Waals surface area contributed by atoms with E-state index in [2.05, 4.69) is 15.9 Å². The highest BCUT2D eigenvalue weighted by Crippen LogP contribution is 2.20. The minimum Gasteiger partial charge on any atom is -0.497 e. The third-order valence-corrected chi connectivity index (χ3v) is 7.30. The van der Waals surface area contributed by atoms with Crippen molar-refractivity contribution in [2.75, 3.05) is 20.7 Å². The second kappa shape index (κ2) is 10.8. The molecule has 0 saturated heterocycles. The highest BCUT2D eigenvalue weighted by atomic mass is 79.9. The minimum atomic E-state index is -3.86. The van der Waals surface area contributed by atoms with Crippen LogP contribution >= 0.6 is 15.9 Å². The van der Waals surface area contributed by atoms with Crippen LogP contribution in [0.15, 0.2) is 88.2 Å². The van der Waals surface area contributed by atoms with Crippen molar-refractivity contribution in [1.82, 2.24) is 9.21 Å². The standard InChI is InChI=1S/C24H25BrN2O4S/c1-26(16-19-10-14-22(31-2)15-11-19)24(28)18-27(17-20-8-12-21(25)13-9-20)32(29,30)23-6-4-3-5-7-23/h3-15H,16-18H2,1-2H3. The predicted molar refractivity (Wildman–Crippen MR) is 128 cm³/mol. The van der Waals surface area contributed by atoms with E-state index in [1.165, 1.54) is 21.3 Å². The summed E-state index contributed by atoms with van der Waals surface area (Å²) in [5.41, 5.74) is 1.71. The molecule has 0 radical (unpaired) electrons. The van der Waals surface area contributed by atoms with Crippen LogP contribution in [0.1, 0.15) is 11.1 Å². The van der Waals surface area contributed by atoms with Crippen LogP contribution in [0, 0.1) is 0 Å². The number of carbonyl (C=O) groups excluding carboxylic acids is 1. The molecule has 0 atom stereocenters. The molecule has 0 spiro atoms. The molecule has 32 heavy (non-hydrogen) atoms. The number of hydrogen-bond acceptors (Lipinski definition) is 4. The number of amides is 1. The third-order valence-electron chi connectivity index (χ3n) is 4.97. The predicted octanol–water partition coefficient (Wildman–Crippen LogP) is 4.31. The number of ether oxygens (including phenoxy) is 1. The van der Waals surface area contributed by atoms with Gasteiger partial charge in [0.15, 0.2) is 0 Å². The molecule has 0 aliphatic heterocycles. The Morgan fingerprint density at radius 2 is 1.44 bits per heavy atom. The van der Waals surface area contributed by atoms with Crippen molar-refractivity contribution in [1.29, 1.82) is 0 Å². The number of halogens is 1. The summed E-state index contributed by atoms with van der Waals surface area (Å²) in [7, 11) is -0.601. The smallest absolute Gasteiger partial charge is 0.243 e. The zero-order valence-corrected chi connectivity index (χ0v) is 20.3. The highest BCUT2D eigenvalue weighted by Gasteiger charge is 2.28. The maximum Gasteiger partial charge on any atom is 0.243 e. The quantitative estimate of drug-likeness (QED) is 0.425. The van der Waals surface area contributed by atoms with Crippen LogP contribution in [0.2, 0.25) is 0 Å². The molecule has 0 unspecified atom stereocenters. The first kappa shape index (κ1) is 24.0. The molecule has 3 aromatic rings. The summed E-state index contributed by atoms with van der Waals surface area (Å²) in [6, 6.07) is 22.9. The van der Waals surface area contributed by atoms with E-state index in [0.717, 1.165) is 21.3 Å². The van der Waals surface area contributed by atoms with Crippen LogP contribution in [-0.2, 0) is 27.9 Å². The number of sulfonamides is 1. The van der Waals surface area contributed by atoms with Crippen LogP contribution in [0.4, 0.5) is 0 Å².